The Morgan fingerprint density at radius 1 is 0.852 bits per heavy atom. The number of aromatic nitrogens is 1. The summed E-state index contributed by atoms with van der Waals surface area (Å²) < 4.78 is 45.0. The van der Waals surface area contributed by atoms with Crippen molar-refractivity contribution in [1.29, 1.82) is 0 Å². The highest BCUT2D eigenvalue weighted by molar-refractivity contribution is 5.80. The van der Waals surface area contributed by atoms with E-state index in [1.54, 1.807) is 24.3 Å². The highest BCUT2D eigenvalue weighted by Crippen LogP contribution is 2.26. The Morgan fingerprint density at radius 3 is 2.41 bits per heavy atom. The van der Waals surface area contributed by atoms with Gasteiger partial charge in [-0.05, 0) is 47.0 Å². The summed E-state index contributed by atoms with van der Waals surface area (Å²) in [6, 6.07) is 21.2. The normalized spacial score (nSPS) is 11.3. The molecule has 0 bridgehead atoms. The monoisotopic (exact) mass is 367 g/mol. The Morgan fingerprint density at radius 2 is 1.63 bits per heavy atom. The van der Waals surface area contributed by atoms with Crippen molar-refractivity contribution in [3.63, 3.8) is 0 Å². The van der Waals surface area contributed by atoms with Crippen molar-refractivity contribution in [1.82, 2.24) is 4.57 Å². The Hall–Kier alpha value is -3.21. The highest BCUT2D eigenvalue weighted by atomic mass is 19.3. The number of ether oxygens (including phenoxy) is 1. The van der Waals surface area contributed by atoms with Crippen LogP contribution in [0.2, 0.25) is 0 Å². The fourth-order valence-corrected chi connectivity index (χ4v) is 3.17. The summed E-state index contributed by atoms with van der Waals surface area (Å²) in [5.41, 5.74) is 3.60. The van der Waals surface area contributed by atoms with Crippen molar-refractivity contribution in [2.45, 2.75) is 13.2 Å². The molecule has 0 fully saturated rings. The number of rotatable bonds is 5. The van der Waals surface area contributed by atoms with E-state index in [1.807, 2.05) is 47.2 Å². The second kappa shape index (κ2) is 7.19. The number of nitrogens with zero attached hydrogens (tertiary/aromatic N) is 1. The van der Waals surface area contributed by atoms with E-state index >= 15 is 0 Å². The molecule has 0 spiro atoms. The third-order valence-electron chi connectivity index (χ3n) is 4.46. The average molecular weight is 367 g/mol. The maximum Gasteiger partial charge on any atom is 0.387 e. The van der Waals surface area contributed by atoms with Gasteiger partial charge in [-0.15, -0.1) is 0 Å². The van der Waals surface area contributed by atoms with Crippen LogP contribution < -0.4 is 4.74 Å². The van der Waals surface area contributed by atoms with Crippen LogP contribution >= 0.6 is 0 Å². The third kappa shape index (κ3) is 3.67. The molecule has 1 heterocycles. The summed E-state index contributed by atoms with van der Waals surface area (Å²) in [7, 11) is 0. The molecule has 3 aromatic carbocycles. The maximum atomic E-state index is 13.8. The van der Waals surface area contributed by atoms with E-state index in [0.29, 0.717) is 11.9 Å². The molecule has 4 aromatic rings. The Bertz CT molecular complexity index is 1070. The Labute approximate surface area is 154 Å². The molecule has 27 heavy (non-hydrogen) atoms. The lowest BCUT2D eigenvalue weighted by Crippen LogP contribution is -2.01. The maximum absolute atomic E-state index is 13.8. The number of alkyl halides is 2. The molecular formula is C22H16F3NO. The molecule has 0 aliphatic carbocycles. The molecule has 0 aliphatic heterocycles. The zero-order valence-electron chi connectivity index (χ0n) is 14.3. The zero-order chi connectivity index (χ0) is 18.8. The van der Waals surface area contributed by atoms with Crippen molar-refractivity contribution < 1.29 is 17.9 Å². The van der Waals surface area contributed by atoms with Crippen LogP contribution in [0.3, 0.4) is 0 Å². The first-order chi connectivity index (χ1) is 13.1. The molecule has 0 saturated heterocycles. The quantitative estimate of drug-likeness (QED) is 0.416. The van der Waals surface area contributed by atoms with Gasteiger partial charge in [0, 0.05) is 18.1 Å². The predicted octanol–water partition coefficient (Wildman–Crippen LogP) is 6.10. The lowest BCUT2D eigenvalue weighted by molar-refractivity contribution is -0.0498. The van der Waals surface area contributed by atoms with Crippen LogP contribution in [0.5, 0.6) is 5.75 Å². The third-order valence-corrected chi connectivity index (χ3v) is 4.46. The largest absolute Gasteiger partial charge is 0.435 e. The van der Waals surface area contributed by atoms with Gasteiger partial charge in [-0.2, -0.15) is 8.78 Å². The van der Waals surface area contributed by atoms with Crippen molar-refractivity contribution >= 4 is 10.9 Å². The van der Waals surface area contributed by atoms with E-state index in [9.17, 15) is 13.2 Å². The van der Waals surface area contributed by atoms with Gasteiger partial charge in [0.25, 0.3) is 0 Å². The zero-order valence-corrected chi connectivity index (χ0v) is 14.3. The molecule has 0 radical (unpaired) electrons. The summed E-state index contributed by atoms with van der Waals surface area (Å²) >= 11 is 0. The van der Waals surface area contributed by atoms with Crippen LogP contribution in [-0.4, -0.2) is 11.2 Å². The van der Waals surface area contributed by atoms with Crippen LogP contribution in [0.15, 0.2) is 79.0 Å². The van der Waals surface area contributed by atoms with Gasteiger partial charge >= 0.3 is 6.61 Å². The summed E-state index contributed by atoms with van der Waals surface area (Å²) in [5.74, 6) is -0.0973. The van der Waals surface area contributed by atoms with E-state index in [-0.39, 0.29) is 11.6 Å². The molecule has 0 atom stereocenters. The molecule has 5 heteroatoms. The molecule has 0 saturated carbocycles. The van der Waals surface area contributed by atoms with Crippen molar-refractivity contribution in [2.75, 3.05) is 0 Å². The van der Waals surface area contributed by atoms with Gasteiger partial charge in [-0.1, -0.05) is 42.5 Å². The Kier molecular flexibility index (Phi) is 4.59. The van der Waals surface area contributed by atoms with Crippen molar-refractivity contribution in [3.8, 4) is 16.9 Å². The summed E-state index contributed by atoms with van der Waals surface area (Å²) in [4.78, 5) is 0. The SMILES string of the molecule is Fc1cccc2c1ccn2Cc1ccc(-c2cccc(OC(F)F)c2)cc1. The molecular weight excluding hydrogens is 351 g/mol. The fourth-order valence-electron chi connectivity index (χ4n) is 3.17. The minimum atomic E-state index is -2.84. The Balaban J connectivity index is 1.56. The molecule has 0 amide bonds. The minimum Gasteiger partial charge on any atom is -0.435 e. The molecule has 2 nitrogen and oxygen atoms in total. The standard InChI is InChI=1S/C22H16F3NO/c23-20-5-2-6-21-19(20)11-12-26(21)14-15-7-9-16(10-8-15)17-3-1-4-18(13-17)27-22(24)25/h1-13,22H,14H2. The first-order valence-corrected chi connectivity index (χ1v) is 8.48. The molecule has 4 rings (SSSR count). The lowest BCUT2D eigenvalue weighted by Gasteiger charge is -2.09. The van der Waals surface area contributed by atoms with Crippen LogP contribution in [0.25, 0.3) is 22.0 Å². The van der Waals surface area contributed by atoms with Crippen LogP contribution in [0.1, 0.15) is 5.56 Å². The number of halogens is 3. The second-order valence-corrected chi connectivity index (χ2v) is 6.22. The van der Waals surface area contributed by atoms with E-state index < -0.39 is 6.61 Å². The van der Waals surface area contributed by atoms with Crippen LogP contribution in [0, 0.1) is 5.82 Å². The lowest BCUT2D eigenvalue weighted by atomic mass is 10.0. The number of fused-ring (bicyclic) bond motifs is 1. The summed E-state index contributed by atoms with van der Waals surface area (Å²) in [6.07, 6.45) is 1.87. The number of benzene rings is 3. The topological polar surface area (TPSA) is 14.2 Å². The number of hydrogen-bond acceptors (Lipinski definition) is 1. The van der Waals surface area contributed by atoms with Gasteiger partial charge in [-0.25, -0.2) is 4.39 Å². The summed E-state index contributed by atoms with van der Waals surface area (Å²) in [6.45, 7) is -2.23. The van der Waals surface area contributed by atoms with Crippen LogP contribution in [0.4, 0.5) is 13.2 Å². The fraction of sp³-hybridized carbons (Fsp3) is 0.0909. The molecule has 1 aromatic heterocycles. The van der Waals surface area contributed by atoms with E-state index in [2.05, 4.69) is 4.74 Å². The first-order valence-electron chi connectivity index (χ1n) is 8.48. The second-order valence-electron chi connectivity index (χ2n) is 6.22. The average Bonchev–Trinajstić information content (AvgIpc) is 3.06. The van der Waals surface area contributed by atoms with Gasteiger partial charge in [0.05, 0.1) is 5.52 Å². The smallest absolute Gasteiger partial charge is 0.387 e. The number of hydrogen-bond donors (Lipinski definition) is 0. The van der Waals surface area contributed by atoms with Crippen molar-refractivity contribution in [2.24, 2.45) is 0 Å². The molecule has 136 valence electrons. The van der Waals surface area contributed by atoms with Gasteiger partial charge in [-0.3, -0.25) is 0 Å². The molecule has 0 aliphatic rings. The highest BCUT2D eigenvalue weighted by Gasteiger charge is 2.07. The van der Waals surface area contributed by atoms with Crippen molar-refractivity contribution in [3.05, 3.63) is 90.4 Å². The molecule has 0 unspecified atom stereocenters. The van der Waals surface area contributed by atoms with E-state index in [0.717, 1.165) is 22.2 Å². The van der Waals surface area contributed by atoms with Gasteiger partial charge < -0.3 is 9.30 Å². The van der Waals surface area contributed by atoms with E-state index in [4.69, 9.17) is 0 Å². The van der Waals surface area contributed by atoms with Gasteiger partial charge in [0.15, 0.2) is 0 Å². The first kappa shape index (κ1) is 17.2. The minimum absolute atomic E-state index is 0.132. The van der Waals surface area contributed by atoms with E-state index in [1.165, 1.54) is 12.1 Å². The predicted molar refractivity (Wildman–Crippen MR) is 99.5 cm³/mol. The molecule has 0 N–H and O–H groups in total. The summed E-state index contributed by atoms with van der Waals surface area (Å²) in [5, 5.41) is 0.602. The van der Waals surface area contributed by atoms with Gasteiger partial charge in [0.1, 0.15) is 11.6 Å². The van der Waals surface area contributed by atoms with Gasteiger partial charge in [0.2, 0.25) is 0 Å². The van der Waals surface area contributed by atoms with Crippen LogP contribution in [-0.2, 0) is 6.54 Å².